The molecule has 1 aromatic carbocycles. The summed E-state index contributed by atoms with van der Waals surface area (Å²) >= 11 is 0. The largest absolute Gasteiger partial charge is 0.338 e. The van der Waals surface area contributed by atoms with Crippen molar-refractivity contribution in [3.8, 4) is 0 Å². The van der Waals surface area contributed by atoms with Gasteiger partial charge in [-0.2, -0.15) is 0 Å². The average Bonchev–Trinajstić information content (AvgIpc) is 2.72. The molecule has 1 aromatic heterocycles. The fourth-order valence-electron chi connectivity index (χ4n) is 3.30. The lowest BCUT2D eigenvalue weighted by Gasteiger charge is -2.33. The monoisotopic (exact) mass is 416 g/mol. The number of nitrogens with zero attached hydrogens (tertiary/aromatic N) is 2. The number of sulfonamides is 1. The molecular weight excluding hydrogens is 392 g/mol. The third kappa shape index (κ3) is 6.10. The normalized spacial score (nSPS) is 17.0. The van der Waals surface area contributed by atoms with Gasteiger partial charge in [0.1, 0.15) is 0 Å². The number of rotatable bonds is 6. The third-order valence-electron chi connectivity index (χ3n) is 4.73. The van der Waals surface area contributed by atoms with Crippen molar-refractivity contribution in [2.45, 2.75) is 12.8 Å². The third-order valence-corrected chi connectivity index (χ3v) is 5.42. The van der Waals surface area contributed by atoms with E-state index in [1.165, 1.54) is 6.20 Å². The standard InChI is InChI=1S/C20H24N4O4S/c1-29(27,28)22-12-15-5-4-10-24(14-15)20(26)16-6-2-8-18(11-16)23-19(25)17-7-3-9-21-13-17/h2-3,6-9,11,13,15,22H,4-5,10,12,14H2,1H3,(H,23,25)/t15-/m1/s1. The van der Waals surface area contributed by atoms with Crippen LogP contribution in [-0.4, -0.2) is 56.0 Å². The summed E-state index contributed by atoms with van der Waals surface area (Å²) in [5.74, 6) is -0.352. The summed E-state index contributed by atoms with van der Waals surface area (Å²) in [6, 6.07) is 10.1. The van der Waals surface area contributed by atoms with E-state index in [0.29, 0.717) is 36.4 Å². The van der Waals surface area contributed by atoms with Gasteiger partial charge in [-0.15, -0.1) is 0 Å². The van der Waals surface area contributed by atoms with Crippen LogP contribution in [0.15, 0.2) is 48.8 Å². The Balaban J connectivity index is 1.65. The Bertz CT molecular complexity index is 979. The van der Waals surface area contributed by atoms with Gasteiger partial charge in [-0.05, 0) is 49.1 Å². The number of anilines is 1. The van der Waals surface area contributed by atoms with Gasteiger partial charge < -0.3 is 10.2 Å². The molecule has 3 rings (SSSR count). The van der Waals surface area contributed by atoms with E-state index in [4.69, 9.17) is 0 Å². The van der Waals surface area contributed by atoms with Crippen LogP contribution in [0.3, 0.4) is 0 Å². The second-order valence-electron chi connectivity index (χ2n) is 7.16. The molecule has 29 heavy (non-hydrogen) atoms. The van der Waals surface area contributed by atoms with Crippen LogP contribution < -0.4 is 10.0 Å². The first kappa shape index (κ1) is 20.9. The fraction of sp³-hybridized carbons (Fsp3) is 0.350. The van der Waals surface area contributed by atoms with Crippen LogP contribution in [0.4, 0.5) is 5.69 Å². The molecule has 1 atom stereocenters. The number of likely N-dealkylation sites (tertiary alicyclic amines) is 1. The molecule has 1 fully saturated rings. The Kier molecular flexibility index (Phi) is 6.60. The summed E-state index contributed by atoms with van der Waals surface area (Å²) in [6.45, 7) is 1.44. The molecule has 2 amide bonds. The summed E-state index contributed by atoms with van der Waals surface area (Å²) in [5, 5.41) is 2.78. The molecule has 0 bridgehead atoms. The van der Waals surface area contributed by atoms with Gasteiger partial charge in [-0.25, -0.2) is 13.1 Å². The molecule has 0 radical (unpaired) electrons. The topological polar surface area (TPSA) is 108 Å². The van der Waals surface area contributed by atoms with Crippen LogP contribution >= 0.6 is 0 Å². The van der Waals surface area contributed by atoms with E-state index in [1.807, 2.05) is 0 Å². The maximum absolute atomic E-state index is 12.9. The van der Waals surface area contributed by atoms with Crippen LogP contribution in [0.1, 0.15) is 33.6 Å². The highest BCUT2D eigenvalue weighted by atomic mass is 32.2. The smallest absolute Gasteiger partial charge is 0.257 e. The minimum absolute atomic E-state index is 0.0795. The van der Waals surface area contributed by atoms with E-state index >= 15 is 0 Å². The predicted molar refractivity (Wildman–Crippen MR) is 110 cm³/mol. The molecule has 0 unspecified atom stereocenters. The van der Waals surface area contributed by atoms with E-state index in [1.54, 1.807) is 47.5 Å². The average molecular weight is 417 g/mol. The van der Waals surface area contributed by atoms with Crippen LogP contribution in [0.25, 0.3) is 0 Å². The number of benzene rings is 1. The van der Waals surface area contributed by atoms with Crippen molar-refractivity contribution in [1.29, 1.82) is 0 Å². The molecule has 0 saturated carbocycles. The van der Waals surface area contributed by atoms with Gasteiger partial charge >= 0.3 is 0 Å². The van der Waals surface area contributed by atoms with E-state index < -0.39 is 10.0 Å². The van der Waals surface area contributed by atoms with Crippen molar-refractivity contribution in [3.05, 3.63) is 59.9 Å². The predicted octanol–water partition coefficient (Wildman–Crippen LogP) is 1.74. The van der Waals surface area contributed by atoms with Crippen molar-refractivity contribution in [2.75, 3.05) is 31.2 Å². The fourth-order valence-corrected chi connectivity index (χ4v) is 3.84. The second-order valence-corrected chi connectivity index (χ2v) is 8.99. The van der Waals surface area contributed by atoms with Crippen molar-refractivity contribution >= 4 is 27.5 Å². The first-order valence-corrected chi connectivity index (χ1v) is 11.3. The zero-order valence-electron chi connectivity index (χ0n) is 16.2. The zero-order chi connectivity index (χ0) is 20.9. The van der Waals surface area contributed by atoms with E-state index in [2.05, 4.69) is 15.0 Å². The zero-order valence-corrected chi connectivity index (χ0v) is 17.0. The molecule has 1 aliphatic heterocycles. The summed E-state index contributed by atoms with van der Waals surface area (Å²) in [5.41, 5.74) is 1.43. The Morgan fingerprint density at radius 3 is 2.72 bits per heavy atom. The Hall–Kier alpha value is -2.78. The van der Waals surface area contributed by atoms with Crippen molar-refractivity contribution in [2.24, 2.45) is 5.92 Å². The van der Waals surface area contributed by atoms with E-state index in [9.17, 15) is 18.0 Å². The Morgan fingerprint density at radius 2 is 2.00 bits per heavy atom. The number of amides is 2. The highest BCUT2D eigenvalue weighted by Crippen LogP contribution is 2.20. The van der Waals surface area contributed by atoms with Gasteiger partial charge in [-0.3, -0.25) is 14.6 Å². The molecule has 1 aliphatic rings. The van der Waals surface area contributed by atoms with Gasteiger partial charge in [0, 0.05) is 43.3 Å². The molecule has 1 saturated heterocycles. The summed E-state index contributed by atoms with van der Waals surface area (Å²) in [7, 11) is -3.25. The molecule has 0 spiro atoms. The molecule has 0 aliphatic carbocycles. The lowest BCUT2D eigenvalue weighted by molar-refractivity contribution is 0.0676. The minimum Gasteiger partial charge on any atom is -0.338 e. The van der Waals surface area contributed by atoms with Crippen LogP contribution in [0.2, 0.25) is 0 Å². The number of carbonyl (C=O) groups excluding carboxylic acids is 2. The molecular formula is C20H24N4O4S. The second kappa shape index (κ2) is 9.15. The van der Waals surface area contributed by atoms with Gasteiger partial charge in [0.25, 0.3) is 11.8 Å². The molecule has 2 heterocycles. The number of piperidine rings is 1. The lowest BCUT2D eigenvalue weighted by atomic mass is 9.97. The Morgan fingerprint density at radius 1 is 1.21 bits per heavy atom. The number of aromatic nitrogens is 1. The van der Waals surface area contributed by atoms with Gasteiger partial charge in [0.2, 0.25) is 10.0 Å². The van der Waals surface area contributed by atoms with Crippen LogP contribution in [0.5, 0.6) is 0 Å². The van der Waals surface area contributed by atoms with Gasteiger partial charge in [0.15, 0.2) is 0 Å². The number of carbonyl (C=O) groups is 2. The number of hydrogen-bond acceptors (Lipinski definition) is 5. The number of nitrogens with one attached hydrogen (secondary N) is 2. The molecule has 2 aromatic rings. The van der Waals surface area contributed by atoms with Crippen molar-refractivity contribution < 1.29 is 18.0 Å². The molecule has 154 valence electrons. The molecule has 9 heteroatoms. The lowest BCUT2D eigenvalue weighted by Crippen LogP contribution is -2.43. The van der Waals surface area contributed by atoms with Gasteiger partial charge in [-0.1, -0.05) is 6.07 Å². The first-order valence-electron chi connectivity index (χ1n) is 9.37. The summed E-state index contributed by atoms with van der Waals surface area (Å²) < 4.78 is 25.1. The summed E-state index contributed by atoms with van der Waals surface area (Å²) in [4.78, 5) is 30.9. The highest BCUT2D eigenvalue weighted by Gasteiger charge is 2.25. The SMILES string of the molecule is CS(=O)(=O)NC[C@H]1CCCN(C(=O)c2cccc(NC(=O)c3cccnc3)c2)C1. The quantitative estimate of drug-likeness (QED) is 0.746. The first-order chi connectivity index (χ1) is 13.8. The summed E-state index contributed by atoms with van der Waals surface area (Å²) in [6.07, 6.45) is 5.88. The van der Waals surface area contributed by atoms with Crippen LogP contribution in [-0.2, 0) is 10.0 Å². The number of pyridine rings is 1. The maximum atomic E-state index is 12.9. The number of hydrogen-bond donors (Lipinski definition) is 2. The molecule has 8 nitrogen and oxygen atoms in total. The van der Waals surface area contributed by atoms with Crippen LogP contribution in [0, 0.1) is 5.92 Å². The van der Waals surface area contributed by atoms with Crippen molar-refractivity contribution in [1.82, 2.24) is 14.6 Å². The van der Waals surface area contributed by atoms with E-state index in [0.717, 1.165) is 19.1 Å². The maximum Gasteiger partial charge on any atom is 0.257 e. The van der Waals surface area contributed by atoms with Crippen molar-refractivity contribution in [3.63, 3.8) is 0 Å². The minimum atomic E-state index is -3.25. The van der Waals surface area contributed by atoms with E-state index in [-0.39, 0.29) is 17.7 Å². The molecule has 2 N–H and O–H groups in total. The Labute approximate surface area is 170 Å². The highest BCUT2D eigenvalue weighted by molar-refractivity contribution is 7.88. The van der Waals surface area contributed by atoms with Gasteiger partial charge in [0.05, 0.1) is 11.8 Å².